The lowest BCUT2D eigenvalue weighted by atomic mass is 10.0. The van der Waals surface area contributed by atoms with Gasteiger partial charge in [0.15, 0.2) is 6.10 Å². The lowest BCUT2D eigenvalue weighted by Gasteiger charge is -2.34. The second kappa shape index (κ2) is 10.3. The molecule has 0 saturated carbocycles. The van der Waals surface area contributed by atoms with Crippen LogP contribution in [0.4, 0.5) is 4.39 Å². The van der Waals surface area contributed by atoms with Crippen molar-refractivity contribution in [1.29, 1.82) is 0 Å². The fraction of sp³-hybridized carbons (Fsp3) is 0.269. The highest BCUT2D eigenvalue weighted by Gasteiger charge is 2.28. The number of hydrogen-bond donors (Lipinski definition) is 1. The normalized spacial score (nSPS) is 16.5. The van der Waals surface area contributed by atoms with E-state index in [-0.39, 0.29) is 28.5 Å². The quantitative estimate of drug-likeness (QED) is 0.404. The van der Waals surface area contributed by atoms with Crippen molar-refractivity contribution in [2.45, 2.75) is 31.9 Å². The van der Waals surface area contributed by atoms with Crippen molar-refractivity contribution >= 4 is 34.4 Å². The molecular formula is C26H24ClFN2O5. The van der Waals surface area contributed by atoms with Crippen molar-refractivity contribution in [3.63, 3.8) is 0 Å². The van der Waals surface area contributed by atoms with E-state index in [9.17, 15) is 18.8 Å². The molecule has 1 aliphatic rings. The molecule has 9 heteroatoms. The van der Waals surface area contributed by atoms with Crippen LogP contribution in [0.15, 0.2) is 64.3 Å². The van der Waals surface area contributed by atoms with Crippen molar-refractivity contribution in [3.05, 3.63) is 76.4 Å². The Labute approximate surface area is 206 Å². The minimum absolute atomic E-state index is 0.142. The van der Waals surface area contributed by atoms with Crippen molar-refractivity contribution in [3.8, 4) is 16.9 Å². The molecule has 2 aromatic carbocycles. The molecule has 3 aromatic rings. The summed E-state index contributed by atoms with van der Waals surface area (Å²) in [5.74, 6) is -0.621. The van der Waals surface area contributed by atoms with Gasteiger partial charge in [-0.2, -0.15) is 0 Å². The van der Waals surface area contributed by atoms with Gasteiger partial charge in [-0.15, -0.1) is 0 Å². The highest BCUT2D eigenvalue weighted by atomic mass is 35.5. The first-order chi connectivity index (χ1) is 16.7. The summed E-state index contributed by atoms with van der Waals surface area (Å²) in [6.45, 7) is 6.05. The molecule has 1 unspecified atom stereocenters. The number of amides is 2. The van der Waals surface area contributed by atoms with Crippen LogP contribution in [0, 0.1) is 5.82 Å². The van der Waals surface area contributed by atoms with Crippen LogP contribution in [0.2, 0.25) is 5.02 Å². The number of carbonyl (C=O) groups is 2. The van der Waals surface area contributed by atoms with Crippen LogP contribution in [-0.2, 0) is 9.59 Å². The van der Waals surface area contributed by atoms with Gasteiger partial charge in [0.25, 0.3) is 5.91 Å². The van der Waals surface area contributed by atoms with Gasteiger partial charge in [0.05, 0.1) is 5.02 Å². The van der Waals surface area contributed by atoms with Crippen molar-refractivity contribution in [2.24, 2.45) is 0 Å². The molecule has 1 fully saturated rings. The van der Waals surface area contributed by atoms with Gasteiger partial charge < -0.3 is 19.4 Å². The predicted molar refractivity (Wildman–Crippen MR) is 131 cm³/mol. The first kappa shape index (κ1) is 24.5. The Balaban J connectivity index is 1.54. The van der Waals surface area contributed by atoms with Gasteiger partial charge in [0.2, 0.25) is 5.91 Å². The Bertz CT molecular complexity index is 1360. The van der Waals surface area contributed by atoms with Crippen LogP contribution in [0.5, 0.6) is 5.75 Å². The number of hydrogen-bond acceptors (Lipinski definition) is 5. The van der Waals surface area contributed by atoms with Crippen LogP contribution < -0.4 is 15.7 Å². The van der Waals surface area contributed by atoms with Gasteiger partial charge >= 0.3 is 5.63 Å². The number of nitrogens with zero attached hydrogens (tertiary/aromatic N) is 1. The van der Waals surface area contributed by atoms with E-state index in [0.717, 1.165) is 12.8 Å². The van der Waals surface area contributed by atoms with Gasteiger partial charge in [-0.1, -0.05) is 18.2 Å². The predicted octanol–water partition coefficient (Wildman–Crippen LogP) is 4.31. The second-order valence-electron chi connectivity index (χ2n) is 8.36. The summed E-state index contributed by atoms with van der Waals surface area (Å²) < 4.78 is 24.7. The van der Waals surface area contributed by atoms with Crippen molar-refractivity contribution in [2.75, 3.05) is 13.1 Å². The molecular weight excluding hydrogens is 475 g/mol. The minimum Gasteiger partial charge on any atom is -0.481 e. The summed E-state index contributed by atoms with van der Waals surface area (Å²) in [6.07, 6.45) is 1.95. The third kappa shape index (κ3) is 5.54. The van der Waals surface area contributed by atoms with Gasteiger partial charge in [-0.05, 0) is 56.2 Å². The molecule has 2 atom stereocenters. The largest absolute Gasteiger partial charge is 0.481 e. The highest BCUT2D eigenvalue weighted by molar-refractivity contribution is 6.33. The Morgan fingerprint density at radius 2 is 2.06 bits per heavy atom. The summed E-state index contributed by atoms with van der Waals surface area (Å²) in [7, 11) is 0. The average molecular weight is 499 g/mol. The summed E-state index contributed by atoms with van der Waals surface area (Å²) in [5.41, 5.74) is 0.634. The Morgan fingerprint density at radius 3 is 2.80 bits per heavy atom. The van der Waals surface area contributed by atoms with E-state index in [1.165, 1.54) is 36.4 Å². The molecule has 4 rings (SSSR count). The summed E-state index contributed by atoms with van der Waals surface area (Å²) in [6, 6.07) is 9.99. The Kier molecular flexibility index (Phi) is 7.21. The third-order valence-corrected chi connectivity index (χ3v) is 6.18. The molecule has 35 heavy (non-hydrogen) atoms. The number of halogens is 2. The Morgan fingerprint density at radius 1 is 1.26 bits per heavy atom. The van der Waals surface area contributed by atoms with Crippen LogP contribution >= 0.6 is 11.6 Å². The van der Waals surface area contributed by atoms with E-state index < -0.39 is 17.5 Å². The molecule has 0 aliphatic carbocycles. The van der Waals surface area contributed by atoms with Gasteiger partial charge in [-0.25, -0.2) is 9.18 Å². The third-order valence-electron chi connectivity index (χ3n) is 5.86. The van der Waals surface area contributed by atoms with Crippen LogP contribution in [0.25, 0.3) is 22.1 Å². The molecule has 1 aromatic heterocycles. The fourth-order valence-electron chi connectivity index (χ4n) is 4.21. The lowest BCUT2D eigenvalue weighted by Crippen LogP contribution is -2.52. The highest BCUT2D eigenvalue weighted by Crippen LogP contribution is 2.34. The number of rotatable bonds is 6. The van der Waals surface area contributed by atoms with Crippen LogP contribution in [0.3, 0.4) is 0 Å². The molecule has 2 heterocycles. The summed E-state index contributed by atoms with van der Waals surface area (Å²) in [5, 5.41) is 3.58. The standard InChI is InChI=1S/C26H24ClFN2O5/c1-3-24(31)29-17-5-4-10-30(14-17)26(33)15(2)34-18-7-9-20-21(13-25(32)35-23(20)12-18)19-8-6-16(28)11-22(19)27/h3,6-9,11-13,15,17H,1,4-5,10,14H2,2H3,(H,29,31)/t15?,17-/m0/s1. The van der Waals surface area contributed by atoms with E-state index in [4.69, 9.17) is 20.8 Å². The molecule has 0 spiro atoms. The van der Waals surface area contributed by atoms with E-state index >= 15 is 0 Å². The number of carbonyl (C=O) groups excluding carboxylic acids is 2. The van der Waals surface area contributed by atoms with Crippen LogP contribution in [-0.4, -0.2) is 41.9 Å². The van der Waals surface area contributed by atoms with E-state index in [1.54, 1.807) is 24.0 Å². The van der Waals surface area contributed by atoms with E-state index in [2.05, 4.69) is 11.9 Å². The topological polar surface area (TPSA) is 88.9 Å². The zero-order valence-corrected chi connectivity index (χ0v) is 19.8. The molecule has 1 saturated heterocycles. The van der Waals surface area contributed by atoms with Crippen molar-refractivity contribution < 1.29 is 23.1 Å². The first-order valence-electron chi connectivity index (χ1n) is 11.2. The number of benzene rings is 2. The van der Waals surface area contributed by atoms with E-state index in [1.807, 2.05) is 0 Å². The first-order valence-corrected chi connectivity index (χ1v) is 11.5. The molecule has 0 bridgehead atoms. The maximum Gasteiger partial charge on any atom is 0.336 e. The zero-order chi connectivity index (χ0) is 25.1. The minimum atomic E-state index is -0.803. The van der Waals surface area contributed by atoms with Gasteiger partial charge in [0, 0.05) is 47.8 Å². The molecule has 0 radical (unpaired) electrons. The van der Waals surface area contributed by atoms with Crippen molar-refractivity contribution in [1.82, 2.24) is 10.2 Å². The van der Waals surface area contributed by atoms with Gasteiger partial charge in [-0.3, -0.25) is 9.59 Å². The number of fused-ring (bicyclic) bond motifs is 1. The second-order valence-corrected chi connectivity index (χ2v) is 8.76. The smallest absolute Gasteiger partial charge is 0.336 e. The number of likely N-dealkylation sites (tertiary alicyclic amines) is 1. The maximum absolute atomic E-state index is 13.5. The molecule has 1 aliphatic heterocycles. The zero-order valence-electron chi connectivity index (χ0n) is 19.1. The summed E-state index contributed by atoms with van der Waals surface area (Å²) >= 11 is 6.20. The van der Waals surface area contributed by atoms with Gasteiger partial charge in [0.1, 0.15) is 17.1 Å². The lowest BCUT2D eigenvalue weighted by molar-refractivity contribution is -0.139. The SMILES string of the molecule is C=CC(=O)N[C@H]1CCCN(C(=O)C(C)Oc2ccc3c(-c4ccc(F)cc4Cl)cc(=O)oc3c2)C1. The molecule has 7 nitrogen and oxygen atoms in total. The number of piperidine rings is 1. The average Bonchev–Trinajstić information content (AvgIpc) is 2.83. The monoisotopic (exact) mass is 498 g/mol. The maximum atomic E-state index is 13.5. The summed E-state index contributed by atoms with van der Waals surface area (Å²) in [4.78, 5) is 38.4. The number of nitrogens with one attached hydrogen (secondary N) is 1. The number of ether oxygens (including phenoxy) is 1. The fourth-order valence-corrected chi connectivity index (χ4v) is 4.48. The van der Waals surface area contributed by atoms with Crippen LogP contribution in [0.1, 0.15) is 19.8 Å². The molecule has 182 valence electrons. The Hall–Kier alpha value is -3.65. The van der Waals surface area contributed by atoms with E-state index in [0.29, 0.717) is 35.4 Å². The molecule has 2 amide bonds. The molecule has 1 N–H and O–H groups in total.